The molecule has 0 aliphatic heterocycles. The van der Waals surface area contributed by atoms with Crippen molar-refractivity contribution in [1.82, 2.24) is 0 Å². The van der Waals surface area contributed by atoms with Crippen LogP contribution in [-0.2, 0) is 0 Å². The summed E-state index contributed by atoms with van der Waals surface area (Å²) in [7, 11) is 0. The molecule has 0 aliphatic carbocycles. The molecular formula is C13H10FI. The minimum atomic E-state index is -0.193. The maximum absolute atomic E-state index is 12.8. The molecule has 0 aromatic heterocycles. The Labute approximate surface area is 102 Å². The lowest BCUT2D eigenvalue weighted by Crippen LogP contribution is -1.86. The van der Waals surface area contributed by atoms with Gasteiger partial charge in [0.1, 0.15) is 5.82 Å². The first-order valence-corrected chi connectivity index (χ1v) is 5.77. The summed E-state index contributed by atoms with van der Waals surface area (Å²) < 4.78 is 14.0. The maximum Gasteiger partial charge on any atom is 0.123 e. The van der Waals surface area contributed by atoms with E-state index in [1.165, 1.54) is 26.8 Å². The van der Waals surface area contributed by atoms with Gasteiger partial charge >= 0.3 is 0 Å². The number of benzene rings is 2. The molecule has 0 spiro atoms. The molecule has 0 radical (unpaired) electrons. The van der Waals surface area contributed by atoms with Crippen LogP contribution < -0.4 is 0 Å². The van der Waals surface area contributed by atoms with Crippen LogP contribution in [-0.4, -0.2) is 0 Å². The SMILES string of the molecule is Cc1c(I)cccc1-c1ccc(F)cc1. The van der Waals surface area contributed by atoms with Crippen LogP contribution in [0.4, 0.5) is 4.39 Å². The van der Waals surface area contributed by atoms with Crippen molar-refractivity contribution in [2.24, 2.45) is 0 Å². The van der Waals surface area contributed by atoms with Crippen molar-refractivity contribution >= 4 is 22.6 Å². The molecule has 0 heterocycles. The first-order valence-electron chi connectivity index (χ1n) is 4.69. The molecule has 0 bridgehead atoms. The number of halogens is 2. The van der Waals surface area contributed by atoms with E-state index in [-0.39, 0.29) is 5.82 Å². The van der Waals surface area contributed by atoms with Gasteiger partial charge in [-0.3, -0.25) is 0 Å². The van der Waals surface area contributed by atoms with E-state index >= 15 is 0 Å². The van der Waals surface area contributed by atoms with Gasteiger partial charge in [0.2, 0.25) is 0 Å². The van der Waals surface area contributed by atoms with E-state index in [4.69, 9.17) is 0 Å². The summed E-state index contributed by atoms with van der Waals surface area (Å²) in [5.41, 5.74) is 3.47. The predicted molar refractivity (Wildman–Crippen MR) is 69.3 cm³/mol. The second kappa shape index (κ2) is 4.31. The van der Waals surface area contributed by atoms with Crippen LogP contribution in [0.25, 0.3) is 11.1 Å². The van der Waals surface area contributed by atoms with Gasteiger partial charge in [-0.05, 0) is 64.4 Å². The average Bonchev–Trinajstić information content (AvgIpc) is 2.24. The van der Waals surface area contributed by atoms with Gasteiger partial charge in [0.05, 0.1) is 0 Å². The normalized spacial score (nSPS) is 10.3. The van der Waals surface area contributed by atoms with Crippen molar-refractivity contribution in [1.29, 1.82) is 0 Å². The van der Waals surface area contributed by atoms with Crippen LogP contribution >= 0.6 is 22.6 Å². The molecule has 2 rings (SSSR count). The van der Waals surface area contributed by atoms with Gasteiger partial charge in [0, 0.05) is 3.57 Å². The van der Waals surface area contributed by atoms with E-state index in [1.54, 1.807) is 0 Å². The molecule has 0 atom stereocenters. The smallest absolute Gasteiger partial charge is 0.123 e. The summed E-state index contributed by atoms with van der Waals surface area (Å²) in [6, 6.07) is 12.8. The van der Waals surface area contributed by atoms with Crippen molar-refractivity contribution in [3.05, 3.63) is 57.4 Å². The molecule has 0 saturated carbocycles. The summed E-state index contributed by atoms with van der Waals surface area (Å²) in [6.45, 7) is 2.08. The lowest BCUT2D eigenvalue weighted by atomic mass is 10.0. The maximum atomic E-state index is 12.8. The zero-order valence-corrected chi connectivity index (χ0v) is 10.5. The van der Waals surface area contributed by atoms with E-state index in [9.17, 15) is 4.39 Å². The molecule has 15 heavy (non-hydrogen) atoms. The van der Waals surface area contributed by atoms with Crippen molar-refractivity contribution in [2.45, 2.75) is 6.92 Å². The highest BCUT2D eigenvalue weighted by atomic mass is 127. The molecule has 0 amide bonds. The highest BCUT2D eigenvalue weighted by molar-refractivity contribution is 14.1. The van der Waals surface area contributed by atoms with E-state index in [0.29, 0.717) is 0 Å². The second-order valence-corrected chi connectivity index (χ2v) is 4.58. The summed E-state index contributed by atoms with van der Waals surface area (Å²) >= 11 is 2.31. The summed E-state index contributed by atoms with van der Waals surface area (Å²) in [5.74, 6) is -0.193. The van der Waals surface area contributed by atoms with Crippen LogP contribution in [0.2, 0.25) is 0 Å². The molecule has 76 valence electrons. The Balaban J connectivity index is 2.54. The van der Waals surface area contributed by atoms with E-state index in [1.807, 2.05) is 18.2 Å². The third-order valence-corrected chi connectivity index (χ3v) is 3.59. The van der Waals surface area contributed by atoms with Crippen molar-refractivity contribution < 1.29 is 4.39 Å². The third-order valence-electron chi connectivity index (χ3n) is 2.42. The van der Waals surface area contributed by atoms with Crippen molar-refractivity contribution in [3.8, 4) is 11.1 Å². The molecule has 0 N–H and O–H groups in total. The van der Waals surface area contributed by atoms with Gasteiger partial charge in [0.15, 0.2) is 0 Å². The zero-order chi connectivity index (χ0) is 10.8. The van der Waals surface area contributed by atoms with Gasteiger partial charge in [-0.2, -0.15) is 0 Å². The van der Waals surface area contributed by atoms with Crippen LogP contribution in [0.3, 0.4) is 0 Å². The van der Waals surface area contributed by atoms with Crippen LogP contribution in [0.15, 0.2) is 42.5 Å². The van der Waals surface area contributed by atoms with E-state index in [2.05, 4.69) is 41.6 Å². The molecule has 0 nitrogen and oxygen atoms in total. The molecule has 2 heteroatoms. The Kier molecular flexibility index (Phi) is 3.05. The fourth-order valence-corrected chi connectivity index (χ4v) is 2.05. The average molecular weight is 312 g/mol. The first kappa shape index (κ1) is 10.6. The van der Waals surface area contributed by atoms with E-state index in [0.717, 1.165) is 5.56 Å². The predicted octanol–water partition coefficient (Wildman–Crippen LogP) is 4.41. The topological polar surface area (TPSA) is 0 Å². The zero-order valence-electron chi connectivity index (χ0n) is 8.30. The Morgan fingerprint density at radius 2 is 1.67 bits per heavy atom. The summed E-state index contributed by atoms with van der Waals surface area (Å²) in [4.78, 5) is 0. The van der Waals surface area contributed by atoms with Gasteiger partial charge in [-0.25, -0.2) is 4.39 Å². The highest BCUT2D eigenvalue weighted by Gasteiger charge is 2.03. The first-order chi connectivity index (χ1) is 7.18. The van der Waals surface area contributed by atoms with Crippen molar-refractivity contribution in [2.75, 3.05) is 0 Å². The van der Waals surface area contributed by atoms with Gasteiger partial charge in [-0.15, -0.1) is 0 Å². The third kappa shape index (κ3) is 2.20. The van der Waals surface area contributed by atoms with E-state index < -0.39 is 0 Å². The fourth-order valence-electron chi connectivity index (χ4n) is 1.55. The Hall–Kier alpha value is -0.900. The largest absolute Gasteiger partial charge is 0.207 e. The minimum absolute atomic E-state index is 0.193. The van der Waals surface area contributed by atoms with Crippen molar-refractivity contribution in [3.63, 3.8) is 0 Å². The highest BCUT2D eigenvalue weighted by Crippen LogP contribution is 2.26. The van der Waals surface area contributed by atoms with Crippen LogP contribution in [0.1, 0.15) is 5.56 Å². The number of hydrogen-bond acceptors (Lipinski definition) is 0. The molecule has 2 aromatic rings. The lowest BCUT2D eigenvalue weighted by molar-refractivity contribution is 0.628. The quantitative estimate of drug-likeness (QED) is 0.685. The van der Waals surface area contributed by atoms with Gasteiger partial charge in [0.25, 0.3) is 0 Å². The Morgan fingerprint density at radius 3 is 2.33 bits per heavy atom. The molecule has 0 aliphatic rings. The number of rotatable bonds is 1. The summed E-state index contributed by atoms with van der Waals surface area (Å²) in [5, 5.41) is 0. The molecule has 0 saturated heterocycles. The Bertz CT molecular complexity index is 474. The van der Waals surface area contributed by atoms with Gasteiger partial charge in [-0.1, -0.05) is 24.3 Å². The number of hydrogen-bond donors (Lipinski definition) is 0. The monoisotopic (exact) mass is 312 g/mol. The Morgan fingerprint density at radius 1 is 1.00 bits per heavy atom. The van der Waals surface area contributed by atoms with Crippen LogP contribution in [0, 0.1) is 16.3 Å². The summed E-state index contributed by atoms with van der Waals surface area (Å²) in [6.07, 6.45) is 0. The molecule has 0 fully saturated rings. The standard InChI is InChI=1S/C13H10FI/c1-9-12(3-2-4-13(9)15)10-5-7-11(14)8-6-10/h2-8H,1H3. The lowest BCUT2D eigenvalue weighted by Gasteiger charge is -2.07. The molecule has 0 unspecified atom stereocenters. The van der Waals surface area contributed by atoms with Crippen LogP contribution in [0.5, 0.6) is 0 Å². The van der Waals surface area contributed by atoms with Gasteiger partial charge < -0.3 is 0 Å². The minimum Gasteiger partial charge on any atom is -0.207 e. The second-order valence-electron chi connectivity index (χ2n) is 3.42. The fraction of sp³-hybridized carbons (Fsp3) is 0.0769. The molecule has 2 aromatic carbocycles. The molecular weight excluding hydrogens is 302 g/mol.